The lowest BCUT2D eigenvalue weighted by atomic mass is 9.85. The molecule has 5 heteroatoms. The summed E-state index contributed by atoms with van der Waals surface area (Å²) in [5, 5.41) is 6.45. The number of rotatable bonds is 5. The van der Waals surface area contributed by atoms with Gasteiger partial charge in [-0.05, 0) is 17.4 Å². The van der Waals surface area contributed by atoms with E-state index in [1.54, 1.807) is 0 Å². The average molecular weight is 341 g/mol. The number of nitrogens with one attached hydrogen (secondary N) is 2. The first-order valence-electron chi connectivity index (χ1n) is 8.11. The number of halogens is 1. The van der Waals surface area contributed by atoms with Crippen LogP contribution in [0.4, 0.5) is 0 Å². The highest BCUT2D eigenvalue weighted by molar-refractivity contribution is 5.85. The monoisotopic (exact) mass is 340 g/mol. The molecular formula is C18H29ClN2O2. The number of benzene rings is 1. The zero-order chi connectivity index (χ0) is 16.0. The Kier molecular flexibility index (Phi) is 8.03. The molecule has 1 aromatic carbocycles. The van der Waals surface area contributed by atoms with Crippen LogP contribution in [0.3, 0.4) is 0 Å². The Balaban J connectivity index is 0.00000264. The van der Waals surface area contributed by atoms with Gasteiger partial charge in [-0.15, -0.1) is 12.4 Å². The van der Waals surface area contributed by atoms with Gasteiger partial charge in [0.1, 0.15) is 0 Å². The highest BCUT2D eigenvalue weighted by Gasteiger charge is 2.24. The van der Waals surface area contributed by atoms with Gasteiger partial charge in [-0.2, -0.15) is 0 Å². The van der Waals surface area contributed by atoms with Gasteiger partial charge in [0.15, 0.2) is 0 Å². The molecule has 0 radical (unpaired) electrons. The van der Waals surface area contributed by atoms with Gasteiger partial charge in [-0.25, -0.2) is 0 Å². The van der Waals surface area contributed by atoms with Crippen LogP contribution in [0.2, 0.25) is 0 Å². The maximum absolute atomic E-state index is 12.4. The summed E-state index contributed by atoms with van der Waals surface area (Å²) in [6.07, 6.45) is 1.31. The van der Waals surface area contributed by atoms with Crippen molar-refractivity contribution in [1.29, 1.82) is 0 Å². The van der Waals surface area contributed by atoms with Crippen molar-refractivity contribution in [3.05, 3.63) is 35.9 Å². The number of amides is 1. The fourth-order valence-electron chi connectivity index (χ4n) is 2.76. The summed E-state index contributed by atoms with van der Waals surface area (Å²) in [6, 6.07) is 10.2. The third-order valence-corrected chi connectivity index (χ3v) is 3.77. The van der Waals surface area contributed by atoms with Crippen LogP contribution in [-0.2, 0) is 9.53 Å². The van der Waals surface area contributed by atoms with Crippen molar-refractivity contribution >= 4 is 18.3 Å². The van der Waals surface area contributed by atoms with Crippen molar-refractivity contribution in [1.82, 2.24) is 10.6 Å². The number of hydrogen-bond donors (Lipinski definition) is 2. The molecule has 1 amide bonds. The van der Waals surface area contributed by atoms with Gasteiger partial charge >= 0.3 is 0 Å². The molecule has 1 fully saturated rings. The second kappa shape index (κ2) is 9.26. The summed E-state index contributed by atoms with van der Waals surface area (Å²) >= 11 is 0. The Bertz CT molecular complexity index is 468. The molecule has 0 saturated carbocycles. The molecule has 1 heterocycles. The summed E-state index contributed by atoms with van der Waals surface area (Å²) in [5.74, 6) is 0.0619. The summed E-state index contributed by atoms with van der Waals surface area (Å²) in [7, 11) is 0. The molecule has 2 rings (SSSR count). The van der Waals surface area contributed by atoms with E-state index in [1.807, 2.05) is 18.2 Å². The van der Waals surface area contributed by atoms with Gasteiger partial charge in [0.2, 0.25) is 5.91 Å². The lowest BCUT2D eigenvalue weighted by molar-refractivity contribution is -0.125. The van der Waals surface area contributed by atoms with Crippen LogP contribution >= 0.6 is 12.4 Å². The van der Waals surface area contributed by atoms with Crippen molar-refractivity contribution in [3.8, 4) is 0 Å². The van der Waals surface area contributed by atoms with Gasteiger partial charge in [-0.3, -0.25) is 4.79 Å². The molecule has 4 nitrogen and oxygen atoms in total. The summed E-state index contributed by atoms with van der Waals surface area (Å²) in [6.45, 7) is 8.90. The lowest BCUT2D eigenvalue weighted by Crippen LogP contribution is -2.42. The van der Waals surface area contributed by atoms with E-state index in [0.29, 0.717) is 13.0 Å². The Morgan fingerprint density at radius 2 is 2.04 bits per heavy atom. The Morgan fingerprint density at radius 3 is 2.61 bits per heavy atom. The second-order valence-corrected chi connectivity index (χ2v) is 7.20. The number of ether oxygens (including phenoxy) is 1. The van der Waals surface area contributed by atoms with E-state index in [1.165, 1.54) is 0 Å². The van der Waals surface area contributed by atoms with Gasteiger partial charge in [0.05, 0.1) is 25.2 Å². The third kappa shape index (κ3) is 7.34. The molecule has 0 aromatic heterocycles. The van der Waals surface area contributed by atoms with Crippen molar-refractivity contribution in [3.63, 3.8) is 0 Å². The predicted octanol–water partition coefficient (Wildman–Crippen LogP) is 3.08. The van der Waals surface area contributed by atoms with E-state index >= 15 is 0 Å². The molecule has 0 spiro atoms. The molecule has 1 saturated heterocycles. The number of carbonyl (C=O) groups is 1. The van der Waals surface area contributed by atoms with Crippen molar-refractivity contribution < 1.29 is 9.53 Å². The minimum atomic E-state index is -0.0141. The highest BCUT2D eigenvalue weighted by atomic mass is 35.5. The Hall–Kier alpha value is -1.10. The van der Waals surface area contributed by atoms with Crippen LogP contribution in [0, 0.1) is 5.41 Å². The molecule has 130 valence electrons. The van der Waals surface area contributed by atoms with E-state index in [4.69, 9.17) is 4.74 Å². The maximum Gasteiger partial charge on any atom is 0.223 e. The average Bonchev–Trinajstić information content (AvgIpc) is 2.47. The zero-order valence-electron chi connectivity index (χ0n) is 14.3. The van der Waals surface area contributed by atoms with E-state index in [9.17, 15) is 4.79 Å². The normalized spacial score (nSPS) is 19.5. The SMILES string of the molecule is CC(C)(C)CC(NC(=O)CC1CNCCO1)c1ccccc1.Cl. The van der Waals surface area contributed by atoms with Crippen LogP contribution in [-0.4, -0.2) is 31.7 Å². The Labute approximate surface area is 145 Å². The van der Waals surface area contributed by atoms with Crippen LogP contribution in [0.5, 0.6) is 0 Å². The first-order chi connectivity index (χ1) is 10.4. The smallest absolute Gasteiger partial charge is 0.223 e. The lowest BCUT2D eigenvalue weighted by Gasteiger charge is -2.28. The topological polar surface area (TPSA) is 50.4 Å². The largest absolute Gasteiger partial charge is 0.375 e. The molecular weight excluding hydrogens is 312 g/mol. The molecule has 1 aromatic rings. The zero-order valence-corrected chi connectivity index (χ0v) is 15.1. The van der Waals surface area contributed by atoms with Gasteiger partial charge in [0, 0.05) is 13.1 Å². The first kappa shape index (κ1) is 19.9. The Morgan fingerprint density at radius 1 is 1.35 bits per heavy atom. The van der Waals surface area contributed by atoms with Crippen LogP contribution in [0.1, 0.15) is 45.2 Å². The van der Waals surface area contributed by atoms with Crippen LogP contribution in [0.15, 0.2) is 30.3 Å². The van der Waals surface area contributed by atoms with Gasteiger partial charge in [-0.1, -0.05) is 51.1 Å². The van der Waals surface area contributed by atoms with Crippen LogP contribution in [0.25, 0.3) is 0 Å². The summed E-state index contributed by atoms with van der Waals surface area (Å²) in [5.41, 5.74) is 1.31. The van der Waals surface area contributed by atoms with E-state index < -0.39 is 0 Å². The molecule has 2 unspecified atom stereocenters. The number of morpholine rings is 1. The minimum absolute atomic E-state index is 0. The molecule has 2 atom stereocenters. The summed E-state index contributed by atoms with van der Waals surface area (Å²) < 4.78 is 5.61. The second-order valence-electron chi connectivity index (χ2n) is 7.20. The van der Waals surface area contributed by atoms with Crippen molar-refractivity contribution in [2.75, 3.05) is 19.7 Å². The van der Waals surface area contributed by atoms with Crippen molar-refractivity contribution in [2.24, 2.45) is 5.41 Å². The quantitative estimate of drug-likeness (QED) is 0.866. The van der Waals surface area contributed by atoms with E-state index in [0.717, 1.165) is 25.1 Å². The van der Waals surface area contributed by atoms with E-state index in [-0.39, 0.29) is 35.9 Å². The molecule has 0 bridgehead atoms. The van der Waals surface area contributed by atoms with Crippen molar-refractivity contribution in [2.45, 2.75) is 45.8 Å². The first-order valence-corrected chi connectivity index (χ1v) is 8.11. The predicted molar refractivity (Wildman–Crippen MR) is 95.9 cm³/mol. The number of hydrogen-bond acceptors (Lipinski definition) is 3. The van der Waals surface area contributed by atoms with Gasteiger partial charge in [0.25, 0.3) is 0 Å². The third-order valence-electron chi connectivity index (χ3n) is 3.77. The maximum atomic E-state index is 12.4. The summed E-state index contributed by atoms with van der Waals surface area (Å²) in [4.78, 5) is 12.4. The fourth-order valence-corrected chi connectivity index (χ4v) is 2.76. The molecule has 1 aliphatic heterocycles. The van der Waals surface area contributed by atoms with Gasteiger partial charge < -0.3 is 15.4 Å². The molecule has 1 aliphatic rings. The standard InChI is InChI=1S/C18H28N2O2.ClH/c1-18(2,3)12-16(14-7-5-4-6-8-14)20-17(21)11-15-13-19-9-10-22-15;/h4-8,15-16,19H,9-13H2,1-3H3,(H,20,21);1H. The fraction of sp³-hybridized carbons (Fsp3) is 0.611. The molecule has 23 heavy (non-hydrogen) atoms. The minimum Gasteiger partial charge on any atom is -0.375 e. The molecule has 0 aliphatic carbocycles. The van der Waals surface area contributed by atoms with E-state index in [2.05, 4.69) is 43.5 Å². The highest BCUT2D eigenvalue weighted by Crippen LogP contribution is 2.29. The molecule has 2 N–H and O–H groups in total. The number of carbonyl (C=O) groups excluding carboxylic acids is 1. The van der Waals surface area contributed by atoms with Crippen LogP contribution < -0.4 is 10.6 Å².